The standard InChI is InChI=1S/C20H17FN6O2/c21-13-5-7-14(8-6-13)25-9-11-26(12-10-25)20(29)17-18-19(28)22-15-3-1-2-4-16(15)27(18)24-23-17/h1-8H,9-12H2,(H,22,28). The number of piperazine rings is 1. The maximum absolute atomic E-state index is 13.1. The lowest BCUT2D eigenvalue weighted by molar-refractivity contribution is 0.0742. The Morgan fingerprint density at radius 3 is 2.48 bits per heavy atom. The quantitative estimate of drug-likeness (QED) is 0.561. The zero-order valence-corrected chi connectivity index (χ0v) is 15.4. The number of para-hydroxylation sites is 2. The predicted octanol–water partition coefficient (Wildman–Crippen LogP) is 1.67. The van der Waals surface area contributed by atoms with Crippen molar-refractivity contribution in [3.63, 3.8) is 0 Å². The first-order chi connectivity index (χ1) is 14.1. The number of nitrogens with zero attached hydrogens (tertiary/aromatic N) is 5. The number of H-pyrrole nitrogens is 1. The van der Waals surface area contributed by atoms with Crippen LogP contribution in [0.25, 0.3) is 16.6 Å². The zero-order chi connectivity index (χ0) is 20.0. The molecule has 2 aromatic heterocycles. The van der Waals surface area contributed by atoms with Crippen molar-refractivity contribution in [2.24, 2.45) is 0 Å². The highest BCUT2D eigenvalue weighted by Crippen LogP contribution is 2.19. The third-order valence-corrected chi connectivity index (χ3v) is 5.23. The van der Waals surface area contributed by atoms with Gasteiger partial charge in [0, 0.05) is 31.9 Å². The van der Waals surface area contributed by atoms with Gasteiger partial charge in [-0.1, -0.05) is 17.3 Å². The Hall–Kier alpha value is -3.75. The summed E-state index contributed by atoms with van der Waals surface area (Å²) in [7, 11) is 0. The number of halogens is 1. The van der Waals surface area contributed by atoms with Crippen molar-refractivity contribution in [2.75, 3.05) is 31.1 Å². The Balaban J connectivity index is 1.42. The van der Waals surface area contributed by atoms with Crippen molar-refractivity contribution >= 4 is 28.1 Å². The number of rotatable bonds is 2. The van der Waals surface area contributed by atoms with Crippen molar-refractivity contribution in [3.8, 4) is 0 Å². The van der Waals surface area contributed by atoms with Gasteiger partial charge in [-0.3, -0.25) is 9.59 Å². The Labute approximate surface area is 164 Å². The molecule has 1 amide bonds. The van der Waals surface area contributed by atoms with E-state index in [0.717, 1.165) is 5.69 Å². The number of aromatic nitrogens is 4. The molecular formula is C20H17FN6O2. The molecule has 1 fully saturated rings. The third-order valence-electron chi connectivity index (χ3n) is 5.23. The number of fused-ring (bicyclic) bond motifs is 3. The number of benzene rings is 2. The molecule has 0 atom stereocenters. The summed E-state index contributed by atoms with van der Waals surface area (Å²) in [6.45, 7) is 2.16. The van der Waals surface area contributed by atoms with Gasteiger partial charge in [-0.25, -0.2) is 8.91 Å². The molecule has 0 bridgehead atoms. The summed E-state index contributed by atoms with van der Waals surface area (Å²) in [6.07, 6.45) is 0. The van der Waals surface area contributed by atoms with Crippen molar-refractivity contribution in [2.45, 2.75) is 0 Å². The Bertz CT molecular complexity index is 1270. The summed E-state index contributed by atoms with van der Waals surface area (Å²) in [6, 6.07) is 13.5. The Kier molecular flexibility index (Phi) is 4.01. The zero-order valence-electron chi connectivity index (χ0n) is 15.4. The molecule has 3 heterocycles. The fraction of sp³-hybridized carbons (Fsp3) is 0.200. The molecule has 0 spiro atoms. The van der Waals surface area contributed by atoms with E-state index in [9.17, 15) is 14.0 Å². The van der Waals surface area contributed by atoms with Crippen LogP contribution in [0.15, 0.2) is 53.3 Å². The molecule has 4 aromatic rings. The monoisotopic (exact) mass is 392 g/mol. The van der Waals surface area contributed by atoms with E-state index in [0.29, 0.717) is 37.2 Å². The van der Waals surface area contributed by atoms with Crippen molar-refractivity contribution < 1.29 is 9.18 Å². The molecule has 1 aliphatic rings. The largest absolute Gasteiger partial charge is 0.368 e. The van der Waals surface area contributed by atoms with Crippen LogP contribution in [0.3, 0.4) is 0 Å². The van der Waals surface area contributed by atoms with E-state index in [2.05, 4.69) is 20.2 Å². The molecule has 0 saturated carbocycles. The van der Waals surface area contributed by atoms with Crippen LogP contribution < -0.4 is 10.5 Å². The van der Waals surface area contributed by atoms with Crippen LogP contribution in [-0.2, 0) is 0 Å². The summed E-state index contributed by atoms with van der Waals surface area (Å²) in [4.78, 5) is 32.1. The van der Waals surface area contributed by atoms with Gasteiger partial charge >= 0.3 is 0 Å². The summed E-state index contributed by atoms with van der Waals surface area (Å²) < 4.78 is 14.5. The van der Waals surface area contributed by atoms with Crippen molar-refractivity contribution in [3.05, 3.63) is 70.4 Å². The molecule has 8 nitrogen and oxygen atoms in total. The number of aromatic amines is 1. The van der Waals surface area contributed by atoms with Gasteiger partial charge in [-0.05, 0) is 36.4 Å². The highest BCUT2D eigenvalue weighted by Gasteiger charge is 2.27. The molecule has 1 N–H and O–H groups in total. The second-order valence-electron chi connectivity index (χ2n) is 6.93. The van der Waals surface area contributed by atoms with E-state index in [1.807, 2.05) is 18.2 Å². The fourth-order valence-corrected chi connectivity index (χ4v) is 3.71. The molecule has 0 aliphatic carbocycles. The van der Waals surface area contributed by atoms with Crippen LogP contribution in [-0.4, -0.2) is 56.8 Å². The number of hydrogen-bond donors (Lipinski definition) is 1. The van der Waals surface area contributed by atoms with E-state index in [-0.39, 0.29) is 22.9 Å². The maximum atomic E-state index is 13.1. The van der Waals surface area contributed by atoms with Gasteiger partial charge in [0.1, 0.15) is 5.82 Å². The Morgan fingerprint density at radius 1 is 1.00 bits per heavy atom. The second-order valence-corrected chi connectivity index (χ2v) is 6.93. The first kappa shape index (κ1) is 17.4. The van der Waals surface area contributed by atoms with Gasteiger partial charge in [0.2, 0.25) is 0 Å². The number of amides is 1. The van der Waals surface area contributed by atoms with Gasteiger partial charge < -0.3 is 14.8 Å². The molecule has 146 valence electrons. The van der Waals surface area contributed by atoms with Crippen molar-refractivity contribution in [1.82, 2.24) is 24.7 Å². The fourth-order valence-electron chi connectivity index (χ4n) is 3.71. The summed E-state index contributed by atoms with van der Waals surface area (Å²) in [5, 5.41) is 8.06. The molecule has 1 aliphatic heterocycles. The number of anilines is 1. The molecule has 0 unspecified atom stereocenters. The second kappa shape index (κ2) is 6.69. The van der Waals surface area contributed by atoms with Crippen LogP contribution >= 0.6 is 0 Å². The third kappa shape index (κ3) is 2.91. The average Bonchev–Trinajstić information content (AvgIpc) is 3.20. The van der Waals surface area contributed by atoms with Crippen LogP contribution in [0.1, 0.15) is 10.5 Å². The first-order valence-corrected chi connectivity index (χ1v) is 9.28. The number of carbonyl (C=O) groups is 1. The van der Waals surface area contributed by atoms with Gasteiger partial charge in [0.05, 0.1) is 11.0 Å². The topological polar surface area (TPSA) is 86.6 Å². The molecule has 29 heavy (non-hydrogen) atoms. The minimum absolute atomic E-state index is 0.0484. The minimum atomic E-state index is -0.401. The molecule has 0 radical (unpaired) electrons. The average molecular weight is 392 g/mol. The molecule has 5 rings (SSSR count). The predicted molar refractivity (Wildman–Crippen MR) is 106 cm³/mol. The number of carbonyl (C=O) groups excluding carboxylic acids is 1. The van der Waals surface area contributed by atoms with Crippen LogP contribution in [0, 0.1) is 5.82 Å². The number of nitrogens with one attached hydrogen (secondary N) is 1. The molecule has 1 saturated heterocycles. The SMILES string of the molecule is O=C(c1nnn2c1c(=O)[nH]c1ccccc12)N1CCN(c2ccc(F)cc2)CC1. The summed E-state index contributed by atoms with van der Waals surface area (Å²) in [5.74, 6) is -0.598. The molecular weight excluding hydrogens is 375 g/mol. The van der Waals surface area contributed by atoms with Gasteiger partial charge in [0.15, 0.2) is 11.2 Å². The highest BCUT2D eigenvalue weighted by molar-refractivity contribution is 5.99. The number of hydrogen-bond acceptors (Lipinski definition) is 5. The maximum Gasteiger partial charge on any atom is 0.277 e. The van der Waals surface area contributed by atoms with Gasteiger partial charge in [-0.15, -0.1) is 5.10 Å². The Morgan fingerprint density at radius 2 is 1.72 bits per heavy atom. The van der Waals surface area contributed by atoms with Crippen LogP contribution in [0.2, 0.25) is 0 Å². The lowest BCUT2D eigenvalue weighted by Gasteiger charge is -2.35. The van der Waals surface area contributed by atoms with Crippen LogP contribution in [0.4, 0.5) is 10.1 Å². The van der Waals surface area contributed by atoms with E-state index < -0.39 is 5.56 Å². The van der Waals surface area contributed by atoms with E-state index in [1.165, 1.54) is 16.6 Å². The van der Waals surface area contributed by atoms with Gasteiger partial charge in [0.25, 0.3) is 11.5 Å². The van der Waals surface area contributed by atoms with E-state index in [4.69, 9.17) is 0 Å². The van der Waals surface area contributed by atoms with Crippen LogP contribution in [0.5, 0.6) is 0 Å². The highest BCUT2D eigenvalue weighted by atomic mass is 19.1. The smallest absolute Gasteiger partial charge is 0.277 e. The lowest BCUT2D eigenvalue weighted by Crippen LogP contribution is -2.49. The molecule has 9 heteroatoms. The van der Waals surface area contributed by atoms with E-state index >= 15 is 0 Å². The normalized spacial score (nSPS) is 14.7. The van der Waals surface area contributed by atoms with E-state index in [1.54, 1.807) is 23.1 Å². The molecule has 2 aromatic carbocycles. The lowest BCUT2D eigenvalue weighted by atomic mass is 10.2. The minimum Gasteiger partial charge on any atom is -0.368 e. The summed E-state index contributed by atoms with van der Waals surface area (Å²) >= 11 is 0. The summed E-state index contributed by atoms with van der Waals surface area (Å²) in [5.41, 5.74) is 2.01. The first-order valence-electron chi connectivity index (χ1n) is 9.28. The van der Waals surface area contributed by atoms with Gasteiger partial charge in [-0.2, -0.15) is 0 Å². The van der Waals surface area contributed by atoms with Crippen molar-refractivity contribution in [1.29, 1.82) is 0 Å².